The van der Waals surface area contributed by atoms with Gasteiger partial charge in [0.25, 0.3) is 0 Å². The van der Waals surface area contributed by atoms with Crippen molar-refractivity contribution in [2.75, 3.05) is 20.6 Å². The highest BCUT2D eigenvalue weighted by molar-refractivity contribution is 5.75. The number of hydrogen-bond acceptors (Lipinski definition) is 3. The highest BCUT2D eigenvalue weighted by atomic mass is 16.4. The van der Waals surface area contributed by atoms with E-state index in [2.05, 4.69) is 24.4 Å². The number of carboxylic acids is 1. The molecular weight excluding hydrogens is 412 g/mol. The zero-order valence-electron chi connectivity index (χ0n) is 22.1. The number of likely N-dealkylation sites (N-methyl/N-ethyl adjacent to an activating group) is 1. The number of carboxylic acid groups (broad SMARTS) is 1. The molecule has 0 aromatic heterocycles. The van der Waals surface area contributed by atoms with E-state index in [4.69, 9.17) is 5.11 Å². The lowest BCUT2D eigenvalue weighted by Gasteiger charge is -2.19. The van der Waals surface area contributed by atoms with E-state index in [1.54, 1.807) is 19.0 Å². The molecule has 1 amide bonds. The van der Waals surface area contributed by atoms with Gasteiger partial charge in [-0.1, -0.05) is 89.2 Å². The molecule has 0 aliphatic heterocycles. The lowest BCUT2D eigenvalue weighted by atomic mass is 10.0. The van der Waals surface area contributed by atoms with E-state index >= 15 is 0 Å². The number of rotatable bonds is 24. The normalized spacial score (nSPS) is 12.5. The van der Waals surface area contributed by atoms with Crippen molar-refractivity contribution in [1.29, 1.82) is 0 Å². The molecule has 0 saturated heterocycles. The Balaban J connectivity index is 3.30. The molecule has 1 atom stereocenters. The van der Waals surface area contributed by atoms with Gasteiger partial charge in [-0.2, -0.15) is 0 Å². The molecule has 5 heteroatoms. The number of hydrogen-bond donors (Lipinski definition) is 2. The molecule has 33 heavy (non-hydrogen) atoms. The summed E-state index contributed by atoms with van der Waals surface area (Å²) in [6.07, 6.45) is 27.0. The van der Waals surface area contributed by atoms with Crippen molar-refractivity contribution in [3.63, 3.8) is 0 Å². The Morgan fingerprint density at radius 2 is 1.24 bits per heavy atom. The van der Waals surface area contributed by atoms with Crippen molar-refractivity contribution >= 4 is 11.9 Å². The Morgan fingerprint density at radius 1 is 0.758 bits per heavy atom. The minimum Gasteiger partial charge on any atom is -0.480 e. The van der Waals surface area contributed by atoms with Gasteiger partial charge in [0.1, 0.15) is 6.04 Å². The Morgan fingerprint density at radius 3 is 1.70 bits per heavy atom. The van der Waals surface area contributed by atoms with Crippen molar-refractivity contribution in [3.05, 3.63) is 12.2 Å². The average molecular weight is 467 g/mol. The summed E-state index contributed by atoms with van der Waals surface area (Å²) < 4.78 is 0. The fourth-order valence-electron chi connectivity index (χ4n) is 4.22. The van der Waals surface area contributed by atoms with Crippen LogP contribution in [0.25, 0.3) is 0 Å². The second kappa shape index (κ2) is 23.8. The first-order valence-corrected chi connectivity index (χ1v) is 13.8. The molecule has 0 aromatic carbocycles. The second-order valence-corrected chi connectivity index (χ2v) is 9.72. The summed E-state index contributed by atoms with van der Waals surface area (Å²) in [4.78, 5) is 24.8. The first kappa shape index (κ1) is 31.6. The SMILES string of the molecule is C/C=C/CCCCCCCCCCCCCCCCC(=O)NCCCC[C@@H](C(=O)O)N(C)C. The number of unbranched alkanes of at least 4 members (excludes halogenated alkanes) is 15. The maximum absolute atomic E-state index is 11.9. The predicted octanol–water partition coefficient (Wildman–Crippen LogP) is 7.11. The molecule has 0 rings (SSSR count). The maximum Gasteiger partial charge on any atom is 0.320 e. The smallest absolute Gasteiger partial charge is 0.320 e. The van der Waals surface area contributed by atoms with E-state index in [-0.39, 0.29) is 5.91 Å². The Bertz CT molecular complexity index is 492. The summed E-state index contributed by atoms with van der Waals surface area (Å²) in [6, 6.07) is -0.436. The quantitative estimate of drug-likeness (QED) is 0.117. The maximum atomic E-state index is 11.9. The van der Waals surface area contributed by atoms with E-state index < -0.39 is 12.0 Å². The van der Waals surface area contributed by atoms with Crippen LogP contribution in [0.2, 0.25) is 0 Å². The summed E-state index contributed by atoms with van der Waals surface area (Å²) in [6.45, 7) is 2.75. The van der Waals surface area contributed by atoms with Gasteiger partial charge in [-0.05, 0) is 59.5 Å². The number of amides is 1. The van der Waals surface area contributed by atoms with Crippen molar-refractivity contribution in [3.8, 4) is 0 Å². The second-order valence-electron chi connectivity index (χ2n) is 9.72. The number of aliphatic carboxylic acids is 1. The standard InChI is InChI=1S/C28H54N2O3/c1-4-5-6-7-8-9-10-11-12-13-14-15-16-17-18-19-20-24-27(31)29-25-22-21-23-26(28(32)33)30(2)3/h4-5,26H,6-25H2,1-3H3,(H,29,31)(H,32,33)/b5-4+/t26-/m0/s1. The number of allylic oxidation sites excluding steroid dienone is 2. The molecule has 0 aromatic rings. The van der Waals surface area contributed by atoms with Gasteiger partial charge in [-0.3, -0.25) is 14.5 Å². The predicted molar refractivity (Wildman–Crippen MR) is 141 cm³/mol. The van der Waals surface area contributed by atoms with Crippen LogP contribution >= 0.6 is 0 Å². The number of carbonyl (C=O) groups is 2. The van der Waals surface area contributed by atoms with Gasteiger partial charge in [-0.15, -0.1) is 0 Å². The summed E-state index contributed by atoms with van der Waals surface area (Å²) in [5, 5.41) is 12.1. The molecule has 0 aliphatic carbocycles. The topological polar surface area (TPSA) is 69.6 Å². The van der Waals surface area contributed by atoms with Gasteiger partial charge in [0.05, 0.1) is 0 Å². The van der Waals surface area contributed by atoms with Gasteiger partial charge in [0.2, 0.25) is 5.91 Å². The summed E-state index contributed by atoms with van der Waals surface area (Å²) in [5.41, 5.74) is 0. The molecule has 2 N–H and O–H groups in total. The lowest BCUT2D eigenvalue weighted by Crippen LogP contribution is -2.35. The van der Waals surface area contributed by atoms with Crippen LogP contribution in [0.3, 0.4) is 0 Å². The highest BCUT2D eigenvalue weighted by Crippen LogP contribution is 2.14. The van der Waals surface area contributed by atoms with Crippen molar-refractivity contribution in [2.24, 2.45) is 0 Å². The van der Waals surface area contributed by atoms with E-state index in [1.807, 2.05) is 0 Å². The fourth-order valence-corrected chi connectivity index (χ4v) is 4.22. The summed E-state index contributed by atoms with van der Waals surface area (Å²) in [7, 11) is 3.58. The molecule has 5 nitrogen and oxygen atoms in total. The molecule has 194 valence electrons. The average Bonchev–Trinajstić information content (AvgIpc) is 2.77. The monoisotopic (exact) mass is 466 g/mol. The van der Waals surface area contributed by atoms with Crippen LogP contribution in [0.5, 0.6) is 0 Å². The molecule has 0 heterocycles. The van der Waals surface area contributed by atoms with Crippen molar-refractivity contribution < 1.29 is 14.7 Å². The van der Waals surface area contributed by atoms with Gasteiger partial charge in [0, 0.05) is 13.0 Å². The van der Waals surface area contributed by atoms with Gasteiger partial charge < -0.3 is 10.4 Å². The van der Waals surface area contributed by atoms with Crippen LogP contribution in [0, 0.1) is 0 Å². The van der Waals surface area contributed by atoms with Gasteiger partial charge >= 0.3 is 5.97 Å². The third-order valence-electron chi connectivity index (χ3n) is 6.40. The Labute approximate surface area is 204 Å². The highest BCUT2D eigenvalue weighted by Gasteiger charge is 2.18. The number of nitrogens with one attached hydrogen (secondary N) is 1. The van der Waals surface area contributed by atoms with E-state index in [9.17, 15) is 9.59 Å². The Kier molecular flexibility index (Phi) is 22.8. The summed E-state index contributed by atoms with van der Waals surface area (Å²) >= 11 is 0. The van der Waals surface area contributed by atoms with Gasteiger partial charge in [-0.25, -0.2) is 0 Å². The van der Waals surface area contributed by atoms with Crippen molar-refractivity contribution in [1.82, 2.24) is 10.2 Å². The van der Waals surface area contributed by atoms with Gasteiger partial charge in [0.15, 0.2) is 0 Å². The van der Waals surface area contributed by atoms with Crippen LogP contribution in [0.15, 0.2) is 12.2 Å². The van der Waals surface area contributed by atoms with E-state index in [1.165, 1.54) is 83.5 Å². The van der Waals surface area contributed by atoms with E-state index in [0.29, 0.717) is 19.4 Å². The minimum absolute atomic E-state index is 0.134. The molecule has 0 unspecified atom stereocenters. The molecule has 0 radical (unpaired) electrons. The zero-order chi connectivity index (χ0) is 24.6. The molecular formula is C28H54N2O3. The first-order valence-electron chi connectivity index (χ1n) is 13.8. The zero-order valence-corrected chi connectivity index (χ0v) is 22.1. The van der Waals surface area contributed by atoms with Crippen LogP contribution in [-0.2, 0) is 9.59 Å². The molecule has 0 saturated carbocycles. The lowest BCUT2D eigenvalue weighted by molar-refractivity contribution is -0.142. The van der Waals surface area contributed by atoms with Crippen molar-refractivity contribution in [2.45, 2.75) is 135 Å². The molecule has 0 aliphatic rings. The first-order chi connectivity index (χ1) is 16.0. The fraction of sp³-hybridized carbons (Fsp3) is 0.857. The molecule has 0 fully saturated rings. The number of carbonyl (C=O) groups excluding carboxylic acids is 1. The van der Waals surface area contributed by atoms with Crippen LogP contribution in [-0.4, -0.2) is 48.6 Å². The largest absolute Gasteiger partial charge is 0.480 e. The Hall–Kier alpha value is -1.36. The molecule has 0 spiro atoms. The van der Waals surface area contributed by atoms with Crippen LogP contribution in [0.4, 0.5) is 0 Å². The summed E-state index contributed by atoms with van der Waals surface area (Å²) in [5.74, 6) is -0.642. The number of nitrogens with zero attached hydrogens (tertiary/aromatic N) is 1. The third kappa shape index (κ3) is 22.2. The third-order valence-corrected chi connectivity index (χ3v) is 6.40. The van der Waals surface area contributed by atoms with Crippen LogP contribution < -0.4 is 5.32 Å². The minimum atomic E-state index is -0.777. The van der Waals surface area contributed by atoms with Crippen LogP contribution in [0.1, 0.15) is 129 Å². The molecule has 0 bridgehead atoms. The van der Waals surface area contributed by atoms with E-state index in [0.717, 1.165) is 25.7 Å².